The predicted molar refractivity (Wildman–Crippen MR) is 131 cm³/mol. The number of fused-ring (bicyclic) bond motifs is 1. The van der Waals surface area contributed by atoms with Crippen molar-refractivity contribution in [1.29, 1.82) is 0 Å². The first-order valence-electron chi connectivity index (χ1n) is 12.0. The molecular formula is C26H35N3O3S. The highest BCUT2D eigenvalue weighted by molar-refractivity contribution is 7.89. The van der Waals surface area contributed by atoms with Crippen molar-refractivity contribution >= 4 is 15.9 Å². The molecule has 1 amide bonds. The van der Waals surface area contributed by atoms with Crippen molar-refractivity contribution in [3.8, 4) is 0 Å². The highest BCUT2D eigenvalue weighted by atomic mass is 32.2. The molecule has 2 aliphatic rings. The van der Waals surface area contributed by atoms with Crippen LogP contribution in [0.5, 0.6) is 0 Å². The van der Waals surface area contributed by atoms with Gasteiger partial charge in [-0.25, -0.2) is 13.1 Å². The zero-order valence-corrected chi connectivity index (χ0v) is 20.6. The fraction of sp³-hybridized carbons (Fsp3) is 0.500. The maximum atomic E-state index is 13.0. The van der Waals surface area contributed by atoms with Gasteiger partial charge in [0.1, 0.15) is 0 Å². The van der Waals surface area contributed by atoms with Gasteiger partial charge in [-0.2, -0.15) is 0 Å². The average molecular weight is 470 g/mol. The van der Waals surface area contributed by atoms with Gasteiger partial charge in [-0.15, -0.1) is 0 Å². The van der Waals surface area contributed by atoms with Gasteiger partial charge in [-0.3, -0.25) is 4.79 Å². The van der Waals surface area contributed by atoms with Crippen molar-refractivity contribution in [3.05, 3.63) is 64.2 Å². The van der Waals surface area contributed by atoms with Crippen LogP contribution in [0.2, 0.25) is 0 Å². The number of nitrogens with one attached hydrogen (secondary N) is 3. The van der Waals surface area contributed by atoms with Crippen LogP contribution in [0.15, 0.2) is 41.3 Å². The van der Waals surface area contributed by atoms with E-state index in [-0.39, 0.29) is 28.8 Å². The van der Waals surface area contributed by atoms with E-state index in [1.54, 1.807) is 24.3 Å². The summed E-state index contributed by atoms with van der Waals surface area (Å²) in [5.74, 6) is -0.253. The Bertz CT molecular complexity index is 1080. The van der Waals surface area contributed by atoms with Crippen molar-refractivity contribution in [2.45, 2.75) is 69.9 Å². The third-order valence-electron chi connectivity index (χ3n) is 6.94. The van der Waals surface area contributed by atoms with Gasteiger partial charge >= 0.3 is 0 Å². The largest absolute Gasteiger partial charge is 0.352 e. The van der Waals surface area contributed by atoms with Crippen LogP contribution in [0.1, 0.15) is 48.1 Å². The van der Waals surface area contributed by atoms with Crippen LogP contribution < -0.4 is 15.4 Å². The molecule has 1 aliphatic carbocycles. The third kappa shape index (κ3) is 5.48. The fourth-order valence-electron chi connectivity index (χ4n) is 5.09. The van der Waals surface area contributed by atoms with Crippen molar-refractivity contribution in [2.24, 2.45) is 5.92 Å². The minimum absolute atomic E-state index is 0.00553. The van der Waals surface area contributed by atoms with Gasteiger partial charge < -0.3 is 10.6 Å². The van der Waals surface area contributed by atoms with Crippen LogP contribution in [0, 0.1) is 12.8 Å². The monoisotopic (exact) mass is 469 g/mol. The summed E-state index contributed by atoms with van der Waals surface area (Å²) in [5.41, 5.74) is 6.52. The lowest BCUT2D eigenvalue weighted by Gasteiger charge is -2.30. The number of amides is 1. The average Bonchev–Trinajstić information content (AvgIpc) is 3.19. The number of aryl methyl sites for hydroxylation is 3. The minimum atomic E-state index is -3.62. The standard InChI is InChI=1S/C26H35N3O3S/c1-4-18-10-20-12-23(13-21(20)11-19(18)5-2)28-26(30)22-14-24(16-27-15-22)29-33(31,32)25-8-6-17(3)7-9-25/h6-11,22-24,27,29H,4-5,12-16H2,1-3H3,(H,28,30)/t22-,24-/m0/s1. The number of benzene rings is 2. The molecule has 2 aromatic rings. The highest BCUT2D eigenvalue weighted by Crippen LogP contribution is 2.27. The smallest absolute Gasteiger partial charge is 0.240 e. The van der Waals surface area contributed by atoms with Gasteiger partial charge in [0.25, 0.3) is 0 Å². The second kappa shape index (κ2) is 9.95. The highest BCUT2D eigenvalue weighted by Gasteiger charge is 2.32. The normalized spacial score (nSPS) is 21.1. The molecule has 1 aliphatic heterocycles. The van der Waals surface area contributed by atoms with Crippen molar-refractivity contribution < 1.29 is 13.2 Å². The molecule has 0 saturated carbocycles. The summed E-state index contributed by atoms with van der Waals surface area (Å²) in [4.78, 5) is 13.3. The molecule has 0 aromatic heterocycles. The Morgan fingerprint density at radius 3 is 2.15 bits per heavy atom. The molecule has 1 heterocycles. The van der Waals surface area contributed by atoms with Crippen LogP contribution in [0.4, 0.5) is 0 Å². The predicted octanol–water partition coefficient (Wildman–Crippen LogP) is 2.66. The summed E-state index contributed by atoms with van der Waals surface area (Å²) < 4.78 is 28.3. The summed E-state index contributed by atoms with van der Waals surface area (Å²) >= 11 is 0. The van der Waals surface area contributed by atoms with E-state index in [1.807, 2.05) is 6.92 Å². The second-order valence-corrected chi connectivity index (χ2v) is 11.1. The number of sulfonamides is 1. The number of hydrogen-bond acceptors (Lipinski definition) is 4. The molecule has 0 bridgehead atoms. The number of carbonyl (C=O) groups excluding carboxylic acids is 1. The summed E-state index contributed by atoms with van der Waals surface area (Å²) in [5, 5.41) is 6.47. The maximum Gasteiger partial charge on any atom is 0.240 e. The Kier molecular flexibility index (Phi) is 7.22. The third-order valence-corrected chi connectivity index (χ3v) is 8.47. The summed E-state index contributed by atoms with van der Waals surface area (Å²) in [7, 11) is -3.62. The summed E-state index contributed by atoms with van der Waals surface area (Å²) in [6.07, 6.45) is 4.27. The van der Waals surface area contributed by atoms with Gasteiger partial charge in [-0.05, 0) is 73.4 Å². The van der Waals surface area contributed by atoms with E-state index in [2.05, 4.69) is 41.3 Å². The molecule has 178 valence electrons. The Hall–Kier alpha value is -2.22. The second-order valence-electron chi connectivity index (χ2n) is 9.43. The Balaban J connectivity index is 1.35. The van der Waals surface area contributed by atoms with E-state index in [1.165, 1.54) is 22.3 Å². The van der Waals surface area contributed by atoms with Gasteiger partial charge in [0.05, 0.1) is 10.8 Å². The zero-order valence-electron chi connectivity index (χ0n) is 19.8. The number of hydrogen-bond donors (Lipinski definition) is 3. The van der Waals surface area contributed by atoms with Gasteiger partial charge in [0.2, 0.25) is 15.9 Å². The van der Waals surface area contributed by atoms with E-state index in [0.29, 0.717) is 19.5 Å². The molecule has 33 heavy (non-hydrogen) atoms. The van der Waals surface area contributed by atoms with E-state index in [9.17, 15) is 13.2 Å². The van der Waals surface area contributed by atoms with Gasteiger partial charge in [-0.1, -0.05) is 43.7 Å². The van der Waals surface area contributed by atoms with Gasteiger partial charge in [0, 0.05) is 25.2 Å². The van der Waals surface area contributed by atoms with E-state index < -0.39 is 10.0 Å². The quantitative estimate of drug-likeness (QED) is 0.582. The number of piperidine rings is 1. The van der Waals surface area contributed by atoms with Crippen LogP contribution >= 0.6 is 0 Å². The topological polar surface area (TPSA) is 87.3 Å². The minimum Gasteiger partial charge on any atom is -0.352 e. The van der Waals surface area contributed by atoms with E-state index >= 15 is 0 Å². The van der Waals surface area contributed by atoms with Gasteiger partial charge in [0.15, 0.2) is 0 Å². The molecule has 2 atom stereocenters. The molecule has 7 heteroatoms. The molecule has 0 unspecified atom stereocenters. The van der Waals surface area contributed by atoms with E-state index in [0.717, 1.165) is 31.2 Å². The molecule has 4 rings (SSSR count). The maximum absolute atomic E-state index is 13.0. The van der Waals surface area contributed by atoms with E-state index in [4.69, 9.17) is 0 Å². The van der Waals surface area contributed by atoms with Crippen LogP contribution in [-0.2, 0) is 40.5 Å². The fourth-order valence-corrected chi connectivity index (χ4v) is 6.34. The SMILES string of the molecule is CCc1cc2c(cc1CC)CC(NC(=O)[C@@H]1CNC[C@@H](NS(=O)(=O)c3ccc(C)cc3)C1)C2. The summed E-state index contributed by atoms with van der Waals surface area (Å²) in [6, 6.07) is 11.2. The Labute approximate surface area is 197 Å². The summed E-state index contributed by atoms with van der Waals surface area (Å²) in [6.45, 7) is 7.38. The van der Waals surface area contributed by atoms with Crippen molar-refractivity contribution in [1.82, 2.24) is 15.4 Å². The van der Waals surface area contributed by atoms with Crippen LogP contribution in [-0.4, -0.2) is 39.5 Å². The lowest BCUT2D eigenvalue weighted by molar-refractivity contribution is -0.126. The molecule has 0 radical (unpaired) electrons. The first-order chi connectivity index (χ1) is 15.8. The van der Waals surface area contributed by atoms with Crippen LogP contribution in [0.25, 0.3) is 0 Å². The number of carbonyl (C=O) groups is 1. The molecule has 0 spiro atoms. The molecular weight excluding hydrogens is 434 g/mol. The first kappa shape index (κ1) is 23.9. The molecule has 1 fully saturated rings. The molecule has 3 N–H and O–H groups in total. The first-order valence-corrected chi connectivity index (χ1v) is 13.5. The van der Waals surface area contributed by atoms with Crippen LogP contribution in [0.3, 0.4) is 0 Å². The Morgan fingerprint density at radius 1 is 0.970 bits per heavy atom. The zero-order chi connectivity index (χ0) is 23.6. The molecule has 1 saturated heterocycles. The molecule has 2 aromatic carbocycles. The van der Waals surface area contributed by atoms with Crippen molar-refractivity contribution in [3.63, 3.8) is 0 Å². The lowest BCUT2D eigenvalue weighted by Crippen LogP contribution is -2.53. The number of rotatable bonds is 7. The van der Waals surface area contributed by atoms with Crippen molar-refractivity contribution in [2.75, 3.05) is 13.1 Å². The lowest BCUT2D eigenvalue weighted by atomic mass is 9.95. The Morgan fingerprint density at radius 2 is 1.58 bits per heavy atom. The molecule has 6 nitrogen and oxygen atoms in total.